The molecule has 2 fully saturated rings. The Balaban J connectivity index is 1.44. The fraction of sp³-hybridized carbons (Fsp3) is 0.533. The van der Waals surface area contributed by atoms with Gasteiger partial charge in [-0.3, -0.25) is 0 Å². The van der Waals surface area contributed by atoms with Crippen LogP contribution in [0.25, 0.3) is 0 Å². The van der Waals surface area contributed by atoms with Gasteiger partial charge < -0.3 is 10.2 Å². The van der Waals surface area contributed by atoms with Gasteiger partial charge in [-0.25, -0.2) is 4.79 Å². The lowest BCUT2D eigenvalue weighted by Crippen LogP contribution is -2.39. The number of hydrogen-bond acceptors (Lipinski definition) is 1. The zero-order valence-electron chi connectivity index (χ0n) is 10.8. The number of benzene rings is 1. The van der Waals surface area contributed by atoms with Crippen LogP contribution in [0.3, 0.4) is 0 Å². The Kier molecular flexibility index (Phi) is 2.98. The van der Waals surface area contributed by atoms with Gasteiger partial charge in [-0.05, 0) is 36.7 Å². The summed E-state index contributed by atoms with van der Waals surface area (Å²) >= 11 is 0. The van der Waals surface area contributed by atoms with Crippen molar-refractivity contribution in [3.63, 3.8) is 0 Å². The summed E-state index contributed by atoms with van der Waals surface area (Å²) in [5.74, 6) is 1.28. The van der Waals surface area contributed by atoms with E-state index in [0.717, 1.165) is 6.54 Å². The maximum atomic E-state index is 11.8. The number of rotatable bonds is 4. The summed E-state index contributed by atoms with van der Waals surface area (Å²) in [7, 11) is 1.90. The fourth-order valence-corrected chi connectivity index (χ4v) is 2.55. The summed E-state index contributed by atoms with van der Waals surface area (Å²) in [6.07, 6.45) is 3.54. The quantitative estimate of drug-likeness (QED) is 0.867. The number of nitrogens with zero attached hydrogens (tertiary/aromatic N) is 1. The SMILES string of the molecule is CN(C(=O)NC[C@@H]1C[C@H]1c1ccccc1)C1CC1. The topological polar surface area (TPSA) is 32.3 Å². The number of hydrogen-bond donors (Lipinski definition) is 1. The summed E-state index contributed by atoms with van der Waals surface area (Å²) in [4.78, 5) is 13.7. The van der Waals surface area contributed by atoms with Crippen molar-refractivity contribution in [2.75, 3.05) is 13.6 Å². The molecule has 2 saturated carbocycles. The first-order chi connectivity index (χ1) is 8.75. The van der Waals surface area contributed by atoms with Crippen molar-refractivity contribution in [1.29, 1.82) is 0 Å². The largest absolute Gasteiger partial charge is 0.338 e. The van der Waals surface area contributed by atoms with Crippen LogP contribution in [-0.2, 0) is 0 Å². The summed E-state index contributed by atoms with van der Waals surface area (Å²) in [6.45, 7) is 0.815. The molecule has 1 N–H and O–H groups in total. The lowest BCUT2D eigenvalue weighted by Gasteiger charge is -2.17. The smallest absolute Gasteiger partial charge is 0.317 e. The van der Waals surface area contributed by atoms with Gasteiger partial charge in [-0.1, -0.05) is 30.3 Å². The van der Waals surface area contributed by atoms with Crippen LogP contribution in [0.1, 0.15) is 30.7 Å². The monoisotopic (exact) mass is 244 g/mol. The molecule has 3 heteroatoms. The third-order valence-electron chi connectivity index (χ3n) is 4.08. The molecular formula is C15H20N2O. The minimum absolute atomic E-state index is 0.0937. The van der Waals surface area contributed by atoms with Crippen molar-refractivity contribution in [2.45, 2.75) is 31.2 Å². The molecule has 0 saturated heterocycles. The summed E-state index contributed by atoms with van der Waals surface area (Å²) < 4.78 is 0. The molecule has 2 atom stereocenters. The Hall–Kier alpha value is -1.51. The second-order valence-electron chi connectivity index (χ2n) is 5.54. The van der Waals surface area contributed by atoms with Gasteiger partial charge in [0.05, 0.1) is 0 Å². The van der Waals surface area contributed by atoms with Crippen LogP contribution in [0.15, 0.2) is 30.3 Å². The van der Waals surface area contributed by atoms with Gasteiger partial charge in [0, 0.05) is 19.6 Å². The first-order valence-electron chi connectivity index (χ1n) is 6.81. The van der Waals surface area contributed by atoms with E-state index in [4.69, 9.17) is 0 Å². The van der Waals surface area contributed by atoms with Crippen molar-refractivity contribution in [3.8, 4) is 0 Å². The Morgan fingerprint density at radius 3 is 2.72 bits per heavy atom. The number of carbonyl (C=O) groups excluding carboxylic acids is 1. The minimum Gasteiger partial charge on any atom is -0.338 e. The van der Waals surface area contributed by atoms with Crippen LogP contribution in [0.5, 0.6) is 0 Å². The van der Waals surface area contributed by atoms with E-state index in [2.05, 4.69) is 29.6 Å². The van der Waals surface area contributed by atoms with Crippen molar-refractivity contribution < 1.29 is 4.79 Å². The van der Waals surface area contributed by atoms with E-state index in [1.807, 2.05) is 18.0 Å². The van der Waals surface area contributed by atoms with Crippen LogP contribution in [0, 0.1) is 5.92 Å². The first-order valence-corrected chi connectivity index (χ1v) is 6.81. The van der Waals surface area contributed by atoms with Gasteiger partial charge in [-0.15, -0.1) is 0 Å². The molecule has 0 unspecified atom stereocenters. The maximum Gasteiger partial charge on any atom is 0.317 e. The number of nitrogens with one attached hydrogen (secondary N) is 1. The third kappa shape index (κ3) is 2.50. The van der Waals surface area contributed by atoms with Gasteiger partial charge in [0.15, 0.2) is 0 Å². The van der Waals surface area contributed by atoms with E-state index < -0.39 is 0 Å². The van der Waals surface area contributed by atoms with Crippen LogP contribution < -0.4 is 5.32 Å². The Labute approximate surface area is 108 Å². The first kappa shape index (κ1) is 11.6. The molecule has 18 heavy (non-hydrogen) atoms. The van der Waals surface area contributed by atoms with E-state index >= 15 is 0 Å². The lowest BCUT2D eigenvalue weighted by atomic mass is 10.1. The van der Waals surface area contributed by atoms with Crippen LogP contribution in [0.4, 0.5) is 4.79 Å². The predicted molar refractivity (Wildman–Crippen MR) is 71.5 cm³/mol. The fourth-order valence-electron chi connectivity index (χ4n) is 2.55. The van der Waals surface area contributed by atoms with E-state index in [1.165, 1.54) is 24.8 Å². The molecule has 0 spiro atoms. The third-order valence-corrected chi connectivity index (χ3v) is 4.08. The van der Waals surface area contributed by atoms with Crippen molar-refractivity contribution in [3.05, 3.63) is 35.9 Å². The predicted octanol–water partition coefficient (Wildman–Crippen LogP) is 2.59. The van der Waals surface area contributed by atoms with Crippen molar-refractivity contribution >= 4 is 6.03 Å². The molecule has 2 aliphatic rings. The molecule has 96 valence electrons. The average molecular weight is 244 g/mol. The van der Waals surface area contributed by atoms with Gasteiger partial charge in [0.1, 0.15) is 0 Å². The van der Waals surface area contributed by atoms with Gasteiger partial charge in [-0.2, -0.15) is 0 Å². The van der Waals surface area contributed by atoms with E-state index in [0.29, 0.717) is 17.9 Å². The standard InChI is InChI=1S/C15H20N2O/c1-17(13-7-8-13)15(18)16-10-12-9-14(12)11-5-3-2-4-6-11/h2-6,12-14H,7-10H2,1H3,(H,16,18)/t12-,14-/m0/s1. The summed E-state index contributed by atoms with van der Waals surface area (Å²) in [5.41, 5.74) is 1.41. The molecule has 0 aliphatic heterocycles. The van der Waals surface area contributed by atoms with Gasteiger partial charge in [0.2, 0.25) is 0 Å². The number of amides is 2. The lowest BCUT2D eigenvalue weighted by molar-refractivity contribution is 0.206. The zero-order valence-corrected chi connectivity index (χ0v) is 10.8. The molecule has 1 aromatic rings. The normalized spacial score (nSPS) is 25.6. The molecule has 3 nitrogen and oxygen atoms in total. The van der Waals surface area contributed by atoms with Crippen molar-refractivity contribution in [2.24, 2.45) is 5.92 Å². The van der Waals surface area contributed by atoms with E-state index in [-0.39, 0.29) is 6.03 Å². The van der Waals surface area contributed by atoms with Gasteiger partial charge in [0.25, 0.3) is 0 Å². The molecule has 0 bridgehead atoms. The van der Waals surface area contributed by atoms with Crippen LogP contribution in [0.2, 0.25) is 0 Å². The molecule has 2 aliphatic carbocycles. The molecular weight excluding hydrogens is 224 g/mol. The molecule has 2 amide bonds. The zero-order chi connectivity index (χ0) is 12.5. The average Bonchev–Trinajstić information content (AvgIpc) is 3.29. The minimum atomic E-state index is 0.0937. The molecule has 0 aromatic heterocycles. The Morgan fingerprint density at radius 2 is 2.06 bits per heavy atom. The second kappa shape index (κ2) is 4.63. The summed E-state index contributed by atoms with van der Waals surface area (Å²) in [5, 5.41) is 3.05. The maximum absolute atomic E-state index is 11.8. The van der Waals surface area contributed by atoms with Crippen LogP contribution in [-0.4, -0.2) is 30.6 Å². The molecule has 0 heterocycles. The number of carbonyl (C=O) groups is 1. The second-order valence-corrected chi connectivity index (χ2v) is 5.54. The Bertz CT molecular complexity index is 427. The highest BCUT2D eigenvalue weighted by molar-refractivity contribution is 5.74. The summed E-state index contributed by atoms with van der Waals surface area (Å²) in [6, 6.07) is 11.2. The number of urea groups is 1. The molecule has 0 radical (unpaired) electrons. The highest BCUT2D eigenvalue weighted by Gasteiger charge is 2.38. The van der Waals surface area contributed by atoms with Gasteiger partial charge >= 0.3 is 6.03 Å². The highest BCUT2D eigenvalue weighted by atomic mass is 16.2. The van der Waals surface area contributed by atoms with E-state index in [9.17, 15) is 4.79 Å². The van der Waals surface area contributed by atoms with Crippen LogP contribution >= 0.6 is 0 Å². The molecule has 3 rings (SSSR count). The Morgan fingerprint density at radius 1 is 1.33 bits per heavy atom. The highest BCUT2D eigenvalue weighted by Crippen LogP contribution is 2.46. The molecule has 1 aromatic carbocycles. The van der Waals surface area contributed by atoms with E-state index in [1.54, 1.807) is 0 Å². The van der Waals surface area contributed by atoms with Crippen molar-refractivity contribution in [1.82, 2.24) is 10.2 Å².